The monoisotopic (exact) mass is 244 g/mol. The van der Waals surface area contributed by atoms with E-state index in [4.69, 9.17) is 0 Å². The molecule has 4 heteroatoms. The highest BCUT2D eigenvalue weighted by atomic mass is 16.2. The maximum atomic E-state index is 12.2. The highest BCUT2D eigenvalue weighted by molar-refractivity contribution is 5.89. The van der Waals surface area contributed by atoms with Gasteiger partial charge in [0.15, 0.2) is 0 Å². The lowest BCUT2D eigenvalue weighted by atomic mass is 10.1. The number of hydrogen-bond donors (Lipinski definition) is 1. The van der Waals surface area contributed by atoms with E-state index >= 15 is 0 Å². The topological polar surface area (TPSA) is 49.4 Å². The zero-order valence-corrected chi connectivity index (χ0v) is 10.1. The second-order valence-electron chi connectivity index (χ2n) is 4.97. The van der Waals surface area contributed by atoms with E-state index in [9.17, 15) is 9.59 Å². The number of nitrogens with zero attached hydrogens (tertiary/aromatic N) is 1. The summed E-state index contributed by atoms with van der Waals surface area (Å²) in [4.78, 5) is 25.2. The number of nitrogens with one attached hydrogen (secondary N) is 1. The molecule has 2 aliphatic rings. The molecule has 18 heavy (non-hydrogen) atoms. The summed E-state index contributed by atoms with van der Waals surface area (Å²) in [6, 6.07) is 10.1. The summed E-state index contributed by atoms with van der Waals surface area (Å²) in [5.74, 6) is 0.521. The number of rotatable bonds is 2. The molecule has 1 aromatic rings. The Hall–Kier alpha value is -1.84. The number of amides is 2. The van der Waals surface area contributed by atoms with Crippen LogP contribution in [0.5, 0.6) is 0 Å². The smallest absolute Gasteiger partial charge is 0.239 e. The molecule has 0 radical (unpaired) electrons. The standard InChI is InChI=1S/C14H16N2O2/c17-13-9-16(7-6-15-13)14(18)12-8-11(12)10-4-2-1-3-5-10/h1-5,11-12H,6-9H2,(H,15,17). The fraction of sp³-hybridized carbons (Fsp3) is 0.429. The van der Waals surface area contributed by atoms with Crippen LogP contribution in [0.3, 0.4) is 0 Å². The summed E-state index contributed by atoms with van der Waals surface area (Å²) in [6.07, 6.45) is 0.918. The predicted octanol–water partition coefficient (Wildman–Crippen LogP) is 0.748. The van der Waals surface area contributed by atoms with Gasteiger partial charge in [-0.25, -0.2) is 0 Å². The maximum Gasteiger partial charge on any atom is 0.239 e. The molecular formula is C14H16N2O2. The van der Waals surface area contributed by atoms with Crippen molar-refractivity contribution < 1.29 is 9.59 Å². The average molecular weight is 244 g/mol. The number of piperazine rings is 1. The molecule has 0 spiro atoms. The van der Waals surface area contributed by atoms with Crippen molar-refractivity contribution in [2.24, 2.45) is 5.92 Å². The summed E-state index contributed by atoms with van der Waals surface area (Å²) >= 11 is 0. The fourth-order valence-electron chi connectivity index (χ4n) is 2.60. The Morgan fingerprint density at radius 2 is 2.06 bits per heavy atom. The zero-order chi connectivity index (χ0) is 12.5. The molecule has 2 fully saturated rings. The van der Waals surface area contributed by atoms with Gasteiger partial charge in [0.2, 0.25) is 11.8 Å². The Morgan fingerprint density at radius 1 is 1.28 bits per heavy atom. The van der Waals surface area contributed by atoms with Crippen molar-refractivity contribution >= 4 is 11.8 Å². The van der Waals surface area contributed by atoms with E-state index in [0.29, 0.717) is 19.0 Å². The summed E-state index contributed by atoms with van der Waals surface area (Å²) in [5.41, 5.74) is 1.23. The first-order chi connectivity index (χ1) is 8.75. The molecular weight excluding hydrogens is 228 g/mol. The Kier molecular flexibility index (Phi) is 2.78. The van der Waals surface area contributed by atoms with Crippen LogP contribution in [0.15, 0.2) is 30.3 Å². The summed E-state index contributed by atoms with van der Waals surface area (Å²) in [5, 5.41) is 2.74. The van der Waals surface area contributed by atoms with Gasteiger partial charge in [0.25, 0.3) is 0 Å². The maximum absolute atomic E-state index is 12.2. The van der Waals surface area contributed by atoms with Crippen LogP contribution in [-0.4, -0.2) is 36.3 Å². The molecule has 2 atom stereocenters. The molecule has 0 aromatic heterocycles. The molecule has 1 aromatic carbocycles. The third kappa shape index (κ3) is 2.10. The highest BCUT2D eigenvalue weighted by Crippen LogP contribution is 2.48. The van der Waals surface area contributed by atoms with Gasteiger partial charge < -0.3 is 10.2 Å². The number of carbonyl (C=O) groups excluding carboxylic acids is 2. The Balaban J connectivity index is 1.64. The molecule has 4 nitrogen and oxygen atoms in total. The van der Waals surface area contributed by atoms with E-state index < -0.39 is 0 Å². The molecule has 3 rings (SSSR count). The molecule has 1 aliphatic carbocycles. The lowest BCUT2D eigenvalue weighted by Crippen LogP contribution is -2.50. The second kappa shape index (κ2) is 4.44. The van der Waals surface area contributed by atoms with Gasteiger partial charge in [-0.15, -0.1) is 0 Å². The second-order valence-corrected chi connectivity index (χ2v) is 4.97. The molecule has 1 N–H and O–H groups in total. The normalized spacial score (nSPS) is 26.7. The summed E-state index contributed by atoms with van der Waals surface area (Å²) in [6.45, 7) is 1.44. The van der Waals surface area contributed by atoms with Gasteiger partial charge >= 0.3 is 0 Å². The molecule has 1 aliphatic heterocycles. The van der Waals surface area contributed by atoms with Crippen molar-refractivity contribution in [2.45, 2.75) is 12.3 Å². The van der Waals surface area contributed by atoms with Gasteiger partial charge in [-0.2, -0.15) is 0 Å². The van der Waals surface area contributed by atoms with Gasteiger partial charge in [0.1, 0.15) is 0 Å². The minimum absolute atomic E-state index is 0.0495. The van der Waals surface area contributed by atoms with E-state index in [2.05, 4.69) is 17.4 Å². The highest BCUT2D eigenvalue weighted by Gasteiger charge is 2.46. The van der Waals surface area contributed by atoms with Crippen molar-refractivity contribution in [1.82, 2.24) is 10.2 Å². The van der Waals surface area contributed by atoms with Crippen LogP contribution in [0.4, 0.5) is 0 Å². The molecule has 0 bridgehead atoms. The third-order valence-electron chi connectivity index (χ3n) is 3.69. The van der Waals surface area contributed by atoms with Crippen LogP contribution in [0, 0.1) is 5.92 Å². The lowest BCUT2D eigenvalue weighted by molar-refractivity contribution is -0.139. The van der Waals surface area contributed by atoms with Gasteiger partial charge in [0.05, 0.1) is 6.54 Å². The van der Waals surface area contributed by atoms with Crippen molar-refractivity contribution in [3.63, 3.8) is 0 Å². The van der Waals surface area contributed by atoms with Crippen LogP contribution in [-0.2, 0) is 9.59 Å². The van der Waals surface area contributed by atoms with Crippen molar-refractivity contribution in [3.8, 4) is 0 Å². The SMILES string of the molecule is O=C1CN(C(=O)C2CC2c2ccccc2)CCN1. The van der Waals surface area contributed by atoms with Crippen LogP contribution in [0.25, 0.3) is 0 Å². The molecule has 1 heterocycles. The molecule has 1 saturated carbocycles. The van der Waals surface area contributed by atoms with Gasteiger partial charge in [-0.1, -0.05) is 30.3 Å². The molecule has 1 saturated heterocycles. The van der Waals surface area contributed by atoms with E-state index in [1.807, 2.05) is 18.2 Å². The minimum atomic E-state index is -0.0495. The van der Waals surface area contributed by atoms with E-state index in [1.54, 1.807) is 4.90 Å². The van der Waals surface area contributed by atoms with Crippen molar-refractivity contribution in [2.75, 3.05) is 19.6 Å². The third-order valence-corrected chi connectivity index (χ3v) is 3.69. The van der Waals surface area contributed by atoms with Crippen molar-refractivity contribution in [1.29, 1.82) is 0 Å². The van der Waals surface area contributed by atoms with Gasteiger partial charge in [-0.3, -0.25) is 9.59 Å². The number of benzene rings is 1. The lowest BCUT2D eigenvalue weighted by Gasteiger charge is -2.26. The fourth-order valence-corrected chi connectivity index (χ4v) is 2.60. The van der Waals surface area contributed by atoms with E-state index in [0.717, 1.165) is 6.42 Å². The first-order valence-corrected chi connectivity index (χ1v) is 6.36. The molecule has 94 valence electrons. The number of hydrogen-bond acceptors (Lipinski definition) is 2. The van der Waals surface area contributed by atoms with Crippen LogP contribution >= 0.6 is 0 Å². The van der Waals surface area contributed by atoms with Crippen LogP contribution < -0.4 is 5.32 Å². The summed E-state index contributed by atoms with van der Waals surface area (Å²) < 4.78 is 0. The van der Waals surface area contributed by atoms with E-state index in [-0.39, 0.29) is 24.3 Å². The van der Waals surface area contributed by atoms with Crippen LogP contribution in [0.1, 0.15) is 17.9 Å². The average Bonchev–Trinajstić information content (AvgIpc) is 3.19. The van der Waals surface area contributed by atoms with Gasteiger partial charge in [0, 0.05) is 19.0 Å². The first-order valence-electron chi connectivity index (χ1n) is 6.36. The van der Waals surface area contributed by atoms with Crippen molar-refractivity contribution in [3.05, 3.63) is 35.9 Å². The Labute approximate surface area is 106 Å². The first kappa shape index (κ1) is 11.3. The largest absolute Gasteiger partial charge is 0.353 e. The minimum Gasteiger partial charge on any atom is -0.353 e. The number of carbonyl (C=O) groups is 2. The predicted molar refractivity (Wildman–Crippen MR) is 66.9 cm³/mol. The van der Waals surface area contributed by atoms with E-state index in [1.165, 1.54) is 5.56 Å². The Bertz CT molecular complexity index is 472. The Morgan fingerprint density at radius 3 is 2.78 bits per heavy atom. The molecule has 2 unspecified atom stereocenters. The van der Waals surface area contributed by atoms with Crippen LogP contribution in [0.2, 0.25) is 0 Å². The summed E-state index contributed by atoms with van der Waals surface area (Å²) in [7, 11) is 0. The molecule has 2 amide bonds. The zero-order valence-electron chi connectivity index (χ0n) is 10.1. The van der Waals surface area contributed by atoms with Gasteiger partial charge in [-0.05, 0) is 17.9 Å². The quantitative estimate of drug-likeness (QED) is 0.834.